The molecule has 1 saturated carbocycles. The Balaban J connectivity index is 1.85. The largest absolute Gasteiger partial charge is 0.314 e. The molecule has 2 fully saturated rings. The first-order valence-corrected chi connectivity index (χ1v) is 6.96. The maximum atomic E-state index is 13.8. The van der Waals surface area contributed by atoms with Crippen LogP contribution in [0.15, 0.2) is 18.2 Å². The normalized spacial score (nSPS) is 23.0. The summed E-state index contributed by atoms with van der Waals surface area (Å²) in [6.45, 7) is 6.10. The third kappa shape index (κ3) is 2.43. The van der Waals surface area contributed by atoms with Gasteiger partial charge < -0.3 is 5.32 Å². The van der Waals surface area contributed by atoms with E-state index in [1.807, 2.05) is 13.0 Å². The highest BCUT2D eigenvalue weighted by atomic mass is 19.1. The van der Waals surface area contributed by atoms with Gasteiger partial charge in [0, 0.05) is 32.2 Å². The highest BCUT2D eigenvalue weighted by Crippen LogP contribution is 2.44. The predicted molar refractivity (Wildman–Crippen MR) is 71.0 cm³/mol. The molecule has 2 aliphatic rings. The van der Waals surface area contributed by atoms with Gasteiger partial charge in [0.15, 0.2) is 0 Å². The molecule has 0 bridgehead atoms. The van der Waals surface area contributed by atoms with E-state index in [2.05, 4.69) is 16.3 Å². The molecule has 0 aromatic heterocycles. The standard InChI is InChI=1S/C15H21FN2/c1-11-2-3-13(10-14(11)16)15(12-4-5-12)18-8-6-17-7-9-18/h2-3,10,12,15,17H,4-9H2,1H3/t15-/m1/s1. The van der Waals surface area contributed by atoms with E-state index in [1.54, 1.807) is 6.07 Å². The van der Waals surface area contributed by atoms with Crippen LogP contribution in [0.5, 0.6) is 0 Å². The van der Waals surface area contributed by atoms with E-state index in [-0.39, 0.29) is 5.82 Å². The fraction of sp³-hybridized carbons (Fsp3) is 0.600. The van der Waals surface area contributed by atoms with Crippen LogP contribution in [0.4, 0.5) is 4.39 Å². The zero-order valence-electron chi connectivity index (χ0n) is 11.0. The SMILES string of the molecule is Cc1ccc([C@@H](C2CC2)N2CCNCC2)cc1F. The van der Waals surface area contributed by atoms with Gasteiger partial charge in [-0.05, 0) is 42.9 Å². The van der Waals surface area contributed by atoms with Crippen molar-refractivity contribution >= 4 is 0 Å². The van der Waals surface area contributed by atoms with E-state index in [0.29, 0.717) is 6.04 Å². The number of piperazine rings is 1. The topological polar surface area (TPSA) is 15.3 Å². The van der Waals surface area contributed by atoms with E-state index in [1.165, 1.54) is 18.4 Å². The predicted octanol–water partition coefficient (Wildman–Crippen LogP) is 2.49. The lowest BCUT2D eigenvalue weighted by atomic mass is 9.98. The van der Waals surface area contributed by atoms with Gasteiger partial charge in [-0.1, -0.05) is 12.1 Å². The molecule has 1 aliphatic carbocycles. The van der Waals surface area contributed by atoms with Crippen LogP contribution in [0.25, 0.3) is 0 Å². The average Bonchev–Trinajstić information content (AvgIpc) is 3.20. The van der Waals surface area contributed by atoms with E-state index in [4.69, 9.17) is 0 Å². The number of benzene rings is 1. The van der Waals surface area contributed by atoms with Gasteiger partial charge in [-0.25, -0.2) is 4.39 Å². The van der Waals surface area contributed by atoms with Gasteiger partial charge in [0.25, 0.3) is 0 Å². The summed E-state index contributed by atoms with van der Waals surface area (Å²) < 4.78 is 13.8. The Hall–Kier alpha value is -0.930. The summed E-state index contributed by atoms with van der Waals surface area (Å²) in [7, 11) is 0. The Labute approximate surface area is 108 Å². The number of rotatable bonds is 3. The van der Waals surface area contributed by atoms with Crippen molar-refractivity contribution in [3.05, 3.63) is 35.1 Å². The fourth-order valence-corrected chi connectivity index (χ4v) is 2.95. The molecule has 1 aromatic carbocycles. The monoisotopic (exact) mass is 248 g/mol. The van der Waals surface area contributed by atoms with E-state index < -0.39 is 0 Å². The van der Waals surface area contributed by atoms with Crippen molar-refractivity contribution in [2.45, 2.75) is 25.8 Å². The van der Waals surface area contributed by atoms with Crippen molar-refractivity contribution in [1.29, 1.82) is 0 Å². The summed E-state index contributed by atoms with van der Waals surface area (Å²) >= 11 is 0. The quantitative estimate of drug-likeness (QED) is 0.884. The molecular weight excluding hydrogens is 227 g/mol. The van der Waals surface area contributed by atoms with Crippen LogP contribution in [0.3, 0.4) is 0 Å². The average molecular weight is 248 g/mol. The van der Waals surface area contributed by atoms with E-state index in [0.717, 1.165) is 37.7 Å². The molecule has 18 heavy (non-hydrogen) atoms. The van der Waals surface area contributed by atoms with Crippen LogP contribution in [0, 0.1) is 18.7 Å². The van der Waals surface area contributed by atoms with Gasteiger partial charge in [0.2, 0.25) is 0 Å². The first-order valence-electron chi connectivity index (χ1n) is 6.96. The Kier molecular flexibility index (Phi) is 3.35. The number of halogens is 1. The van der Waals surface area contributed by atoms with Crippen molar-refractivity contribution in [3.63, 3.8) is 0 Å². The highest BCUT2D eigenvalue weighted by Gasteiger charge is 2.36. The van der Waals surface area contributed by atoms with Crippen molar-refractivity contribution in [3.8, 4) is 0 Å². The second kappa shape index (κ2) is 4.98. The van der Waals surface area contributed by atoms with Crippen molar-refractivity contribution in [1.82, 2.24) is 10.2 Å². The molecule has 0 unspecified atom stereocenters. The summed E-state index contributed by atoms with van der Waals surface area (Å²) in [5.41, 5.74) is 1.91. The van der Waals surface area contributed by atoms with Crippen LogP contribution in [0.1, 0.15) is 30.0 Å². The molecule has 1 saturated heterocycles. The molecule has 1 atom stereocenters. The lowest BCUT2D eigenvalue weighted by molar-refractivity contribution is 0.156. The third-order valence-corrected chi connectivity index (χ3v) is 4.15. The second-order valence-corrected chi connectivity index (χ2v) is 5.58. The molecule has 2 nitrogen and oxygen atoms in total. The van der Waals surface area contributed by atoms with Crippen LogP contribution >= 0.6 is 0 Å². The van der Waals surface area contributed by atoms with E-state index in [9.17, 15) is 4.39 Å². The number of nitrogens with zero attached hydrogens (tertiary/aromatic N) is 1. The van der Waals surface area contributed by atoms with Crippen LogP contribution in [-0.2, 0) is 0 Å². The second-order valence-electron chi connectivity index (χ2n) is 5.58. The Bertz CT molecular complexity index is 423. The first kappa shape index (κ1) is 12.1. The summed E-state index contributed by atoms with van der Waals surface area (Å²) in [6, 6.07) is 6.22. The Morgan fingerprint density at radius 1 is 1.28 bits per heavy atom. The number of aryl methyl sites for hydroxylation is 1. The van der Waals surface area contributed by atoms with Crippen LogP contribution in [0.2, 0.25) is 0 Å². The lowest BCUT2D eigenvalue weighted by Gasteiger charge is -2.35. The molecule has 1 N–H and O–H groups in total. The van der Waals surface area contributed by atoms with Crippen LogP contribution < -0.4 is 5.32 Å². The van der Waals surface area contributed by atoms with Gasteiger partial charge in [-0.3, -0.25) is 4.90 Å². The molecule has 98 valence electrons. The third-order valence-electron chi connectivity index (χ3n) is 4.15. The molecule has 0 amide bonds. The summed E-state index contributed by atoms with van der Waals surface area (Å²) in [6.07, 6.45) is 2.59. The zero-order valence-corrected chi connectivity index (χ0v) is 11.0. The lowest BCUT2D eigenvalue weighted by Crippen LogP contribution is -2.45. The van der Waals surface area contributed by atoms with Gasteiger partial charge in [0.1, 0.15) is 5.82 Å². The minimum atomic E-state index is -0.0618. The molecule has 1 aromatic rings. The highest BCUT2D eigenvalue weighted by molar-refractivity contribution is 5.27. The molecule has 1 aliphatic heterocycles. The van der Waals surface area contributed by atoms with E-state index >= 15 is 0 Å². The maximum Gasteiger partial charge on any atom is 0.126 e. The number of nitrogens with one attached hydrogen (secondary N) is 1. The minimum Gasteiger partial charge on any atom is -0.314 e. The number of hydrogen-bond donors (Lipinski definition) is 1. The van der Waals surface area contributed by atoms with Crippen LogP contribution in [-0.4, -0.2) is 31.1 Å². The molecule has 1 heterocycles. The molecule has 0 radical (unpaired) electrons. The van der Waals surface area contributed by atoms with Gasteiger partial charge >= 0.3 is 0 Å². The molecule has 3 heteroatoms. The Morgan fingerprint density at radius 2 is 2.00 bits per heavy atom. The van der Waals surface area contributed by atoms with Crippen molar-refractivity contribution < 1.29 is 4.39 Å². The first-order chi connectivity index (χ1) is 8.75. The summed E-state index contributed by atoms with van der Waals surface area (Å²) in [4.78, 5) is 2.53. The van der Waals surface area contributed by atoms with Crippen molar-refractivity contribution in [2.24, 2.45) is 5.92 Å². The molecular formula is C15H21FN2. The summed E-state index contributed by atoms with van der Waals surface area (Å²) in [5.74, 6) is 0.679. The summed E-state index contributed by atoms with van der Waals surface area (Å²) in [5, 5.41) is 3.39. The maximum absolute atomic E-state index is 13.8. The fourth-order valence-electron chi connectivity index (χ4n) is 2.95. The number of hydrogen-bond acceptors (Lipinski definition) is 2. The minimum absolute atomic E-state index is 0.0618. The van der Waals surface area contributed by atoms with Gasteiger partial charge in [0.05, 0.1) is 0 Å². The molecule has 0 spiro atoms. The Morgan fingerprint density at radius 3 is 2.61 bits per heavy atom. The zero-order chi connectivity index (χ0) is 12.5. The molecule has 3 rings (SSSR count). The van der Waals surface area contributed by atoms with Gasteiger partial charge in [-0.15, -0.1) is 0 Å². The van der Waals surface area contributed by atoms with Gasteiger partial charge in [-0.2, -0.15) is 0 Å². The van der Waals surface area contributed by atoms with Crippen molar-refractivity contribution in [2.75, 3.05) is 26.2 Å². The smallest absolute Gasteiger partial charge is 0.126 e.